The molecule has 3 N–H and O–H groups in total. The number of nitrogens with one attached hydrogen (secondary N) is 1. The summed E-state index contributed by atoms with van der Waals surface area (Å²) >= 11 is 6.27. The van der Waals surface area contributed by atoms with Crippen LogP contribution in [0.4, 0.5) is 0 Å². The van der Waals surface area contributed by atoms with Crippen LogP contribution in [0.1, 0.15) is 22.3 Å². The predicted octanol–water partition coefficient (Wildman–Crippen LogP) is 3.56. The van der Waals surface area contributed by atoms with Gasteiger partial charge in [-0.2, -0.15) is 0 Å². The second-order valence-electron chi connectivity index (χ2n) is 5.38. The highest BCUT2D eigenvalue weighted by Gasteiger charge is 2.06. The minimum atomic E-state index is 0.0982. The van der Waals surface area contributed by atoms with Gasteiger partial charge in [-0.05, 0) is 42.8 Å². The average Bonchev–Trinajstić information content (AvgIpc) is 2.42. The lowest BCUT2D eigenvalue weighted by Gasteiger charge is -2.18. The minimum Gasteiger partial charge on any atom is -0.384 e. The van der Waals surface area contributed by atoms with Gasteiger partial charge >= 0.3 is 0 Å². The zero-order chi connectivity index (χ0) is 15.4. The van der Waals surface area contributed by atoms with Gasteiger partial charge in [0.05, 0.1) is 0 Å². The summed E-state index contributed by atoms with van der Waals surface area (Å²) in [4.78, 5) is 2.19. The third-order valence-electron chi connectivity index (χ3n) is 3.34. The van der Waals surface area contributed by atoms with Crippen molar-refractivity contribution in [1.82, 2.24) is 4.90 Å². The highest BCUT2D eigenvalue weighted by atomic mass is 35.5. The molecule has 2 rings (SSSR count). The van der Waals surface area contributed by atoms with E-state index in [1.54, 1.807) is 0 Å². The first-order chi connectivity index (χ1) is 9.95. The maximum absolute atomic E-state index is 7.49. The van der Waals surface area contributed by atoms with Crippen LogP contribution in [-0.4, -0.2) is 17.8 Å². The SMILES string of the molecule is Cc1ccc(CN(C)Cc2cccc(C(=N)N)c2)c(Cl)c1. The number of nitrogen functional groups attached to an aromatic ring is 1. The van der Waals surface area contributed by atoms with Gasteiger partial charge in [-0.15, -0.1) is 0 Å². The van der Waals surface area contributed by atoms with E-state index in [0.717, 1.165) is 34.8 Å². The van der Waals surface area contributed by atoms with Crippen LogP contribution in [0.15, 0.2) is 42.5 Å². The van der Waals surface area contributed by atoms with E-state index in [2.05, 4.69) is 24.1 Å². The maximum atomic E-state index is 7.49. The molecule has 0 heterocycles. The van der Waals surface area contributed by atoms with Gasteiger partial charge in [0.1, 0.15) is 5.84 Å². The second-order valence-corrected chi connectivity index (χ2v) is 5.79. The molecule has 0 aliphatic rings. The zero-order valence-corrected chi connectivity index (χ0v) is 13.1. The first-order valence-corrected chi connectivity index (χ1v) is 7.20. The van der Waals surface area contributed by atoms with Gasteiger partial charge < -0.3 is 5.73 Å². The van der Waals surface area contributed by atoms with E-state index >= 15 is 0 Å². The van der Waals surface area contributed by atoms with E-state index in [0.29, 0.717) is 0 Å². The molecular weight excluding hydrogens is 282 g/mol. The van der Waals surface area contributed by atoms with Gasteiger partial charge in [-0.25, -0.2) is 0 Å². The number of amidine groups is 1. The standard InChI is InChI=1S/C17H20ClN3/c1-12-6-7-15(16(18)8-12)11-21(2)10-13-4-3-5-14(9-13)17(19)20/h3-9H,10-11H2,1-2H3,(H3,19,20). The van der Waals surface area contributed by atoms with Crippen LogP contribution in [0, 0.1) is 12.3 Å². The van der Waals surface area contributed by atoms with E-state index in [9.17, 15) is 0 Å². The summed E-state index contributed by atoms with van der Waals surface area (Å²) in [6.45, 7) is 3.60. The third kappa shape index (κ3) is 4.31. The molecule has 21 heavy (non-hydrogen) atoms. The van der Waals surface area contributed by atoms with Crippen molar-refractivity contribution in [3.05, 3.63) is 69.7 Å². The Morgan fingerprint density at radius 2 is 1.95 bits per heavy atom. The molecule has 0 spiro atoms. The molecule has 2 aromatic carbocycles. The van der Waals surface area contributed by atoms with Crippen molar-refractivity contribution in [2.75, 3.05) is 7.05 Å². The smallest absolute Gasteiger partial charge is 0.122 e. The van der Waals surface area contributed by atoms with Crippen molar-refractivity contribution in [2.45, 2.75) is 20.0 Å². The van der Waals surface area contributed by atoms with Crippen LogP contribution in [0.5, 0.6) is 0 Å². The fraction of sp³-hybridized carbons (Fsp3) is 0.235. The molecule has 0 aromatic heterocycles. The van der Waals surface area contributed by atoms with Gasteiger partial charge in [-0.3, -0.25) is 10.3 Å². The first kappa shape index (κ1) is 15.5. The summed E-state index contributed by atoms with van der Waals surface area (Å²) in [5.74, 6) is 0.0982. The Balaban J connectivity index is 2.06. The molecule has 0 unspecified atom stereocenters. The lowest BCUT2D eigenvalue weighted by molar-refractivity contribution is 0.319. The Kier molecular flexibility index (Phi) is 4.99. The number of benzene rings is 2. The number of nitrogens with two attached hydrogens (primary N) is 1. The summed E-state index contributed by atoms with van der Waals surface area (Å²) in [5.41, 5.74) is 9.70. The Morgan fingerprint density at radius 1 is 1.19 bits per heavy atom. The molecule has 0 bridgehead atoms. The Hall–Kier alpha value is -1.84. The predicted molar refractivity (Wildman–Crippen MR) is 88.8 cm³/mol. The summed E-state index contributed by atoms with van der Waals surface area (Å²) < 4.78 is 0. The number of rotatable bonds is 5. The highest BCUT2D eigenvalue weighted by molar-refractivity contribution is 6.31. The lowest BCUT2D eigenvalue weighted by Crippen LogP contribution is -2.18. The molecule has 4 heteroatoms. The van der Waals surface area contributed by atoms with Crippen molar-refractivity contribution in [3.8, 4) is 0 Å². The Labute approximate surface area is 130 Å². The van der Waals surface area contributed by atoms with Gasteiger partial charge in [0.25, 0.3) is 0 Å². The van der Waals surface area contributed by atoms with Crippen molar-refractivity contribution < 1.29 is 0 Å². The summed E-state index contributed by atoms with van der Waals surface area (Å²) in [6.07, 6.45) is 0. The Morgan fingerprint density at radius 3 is 2.62 bits per heavy atom. The summed E-state index contributed by atoms with van der Waals surface area (Å²) in [5, 5.41) is 8.29. The number of nitrogens with zero attached hydrogens (tertiary/aromatic N) is 1. The van der Waals surface area contributed by atoms with E-state index < -0.39 is 0 Å². The van der Waals surface area contributed by atoms with Gasteiger partial charge in [-0.1, -0.05) is 41.9 Å². The van der Waals surface area contributed by atoms with Gasteiger partial charge in [0.15, 0.2) is 0 Å². The second kappa shape index (κ2) is 6.74. The number of halogens is 1. The van der Waals surface area contributed by atoms with Crippen LogP contribution in [-0.2, 0) is 13.1 Å². The molecule has 0 aliphatic carbocycles. The third-order valence-corrected chi connectivity index (χ3v) is 3.69. The quantitative estimate of drug-likeness (QED) is 0.655. The molecule has 0 saturated carbocycles. The number of hydrogen-bond acceptors (Lipinski definition) is 2. The first-order valence-electron chi connectivity index (χ1n) is 6.82. The van der Waals surface area contributed by atoms with E-state index in [4.69, 9.17) is 22.7 Å². The van der Waals surface area contributed by atoms with Crippen LogP contribution in [0.25, 0.3) is 0 Å². The zero-order valence-electron chi connectivity index (χ0n) is 12.4. The van der Waals surface area contributed by atoms with Crippen LogP contribution in [0.2, 0.25) is 5.02 Å². The number of hydrogen-bond donors (Lipinski definition) is 2. The molecule has 0 amide bonds. The van der Waals surface area contributed by atoms with Gasteiger partial charge in [0, 0.05) is 23.7 Å². The van der Waals surface area contributed by atoms with E-state index in [1.165, 1.54) is 5.56 Å². The molecule has 2 aromatic rings. The normalized spacial score (nSPS) is 10.9. The van der Waals surface area contributed by atoms with Crippen molar-refractivity contribution in [3.63, 3.8) is 0 Å². The van der Waals surface area contributed by atoms with Crippen LogP contribution < -0.4 is 5.73 Å². The van der Waals surface area contributed by atoms with Crippen LogP contribution in [0.3, 0.4) is 0 Å². The fourth-order valence-corrected chi connectivity index (χ4v) is 2.57. The van der Waals surface area contributed by atoms with Crippen LogP contribution >= 0.6 is 11.6 Å². The average molecular weight is 302 g/mol. The monoisotopic (exact) mass is 301 g/mol. The summed E-state index contributed by atoms with van der Waals surface area (Å²) in [6, 6.07) is 13.9. The summed E-state index contributed by atoms with van der Waals surface area (Å²) in [7, 11) is 2.05. The molecule has 0 fully saturated rings. The largest absolute Gasteiger partial charge is 0.384 e. The van der Waals surface area contributed by atoms with Crippen molar-refractivity contribution >= 4 is 17.4 Å². The molecule has 3 nitrogen and oxygen atoms in total. The topological polar surface area (TPSA) is 53.1 Å². The van der Waals surface area contributed by atoms with Crippen molar-refractivity contribution in [1.29, 1.82) is 5.41 Å². The van der Waals surface area contributed by atoms with E-state index in [-0.39, 0.29) is 5.84 Å². The molecule has 0 saturated heterocycles. The molecule has 0 radical (unpaired) electrons. The lowest BCUT2D eigenvalue weighted by atomic mass is 10.1. The Bertz CT molecular complexity index is 652. The molecule has 110 valence electrons. The molecular formula is C17H20ClN3. The minimum absolute atomic E-state index is 0.0982. The molecule has 0 atom stereocenters. The van der Waals surface area contributed by atoms with E-state index in [1.807, 2.05) is 37.3 Å². The number of aryl methyl sites for hydroxylation is 1. The molecule has 0 aliphatic heterocycles. The highest BCUT2D eigenvalue weighted by Crippen LogP contribution is 2.19. The fourth-order valence-electron chi connectivity index (χ4n) is 2.28. The maximum Gasteiger partial charge on any atom is 0.122 e. The van der Waals surface area contributed by atoms with Gasteiger partial charge in [0.2, 0.25) is 0 Å². The van der Waals surface area contributed by atoms with Crippen molar-refractivity contribution in [2.24, 2.45) is 5.73 Å².